The second-order valence-electron chi connectivity index (χ2n) is 6.20. The summed E-state index contributed by atoms with van der Waals surface area (Å²) in [4.78, 5) is 12.1. The number of nitrogen functional groups attached to an aromatic ring is 1. The Hall–Kier alpha value is -3.70. The largest absolute Gasteiger partial charge is 0.451 e. The smallest absolute Gasteiger partial charge is 0.221 e. The fourth-order valence-corrected chi connectivity index (χ4v) is 2.72. The van der Waals surface area contributed by atoms with Gasteiger partial charge in [-0.15, -0.1) is 0 Å². The fourth-order valence-electron chi connectivity index (χ4n) is 2.72. The molecule has 0 radical (unpaired) electrons. The summed E-state index contributed by atoms with van der Waals surface area (Å²) in [7, 11) is 0. The van der Waals surface area contributed by atoms with Crippen molar-refractivity contribution in [3.8, 4) is 17.7 Å². The highest BCUT2D eigenvalue weighted by Crippen LogP contribution is 2.23. The number of hydrogen-bond acceptors (Lipinski definition) is 7. The van der Waals surface area contributed by atoms with E-state index >= 15 is 0 Å². The number of benzene rings is 1. The van der Waals surface area contributed by atoms with E-state index in [4.69, 9.17) is 10.2 Å². The van der Waals surface area contributed by atoms with Crippen molar-refractivity contribution in [3.05, 3.63) is 60.1 Å². The first-order valence-electron chi connectivity index (χ1n) is 8.16. The number of rotatable bonds is 2. The molecule has 3 heterocycles. The van der Waals surface area contributed by atoms with E-state index in [1.807, 2.05) is 25.1 Å². The lowest BCUT2D eigenvalue weighted by molar-refractivity contribution is 0.117. The summed E-state index contributed by atoms with van der Waals surface area (Å²) in [6, 6.07) is 7.44. The topological polar surface area (TPSA) is 116 Å². The average Bonchev–Trinajstić information content (AvgIpc) is 3.29. The Balaban J connectivity index is 1.79. The van der Waals surface area contributed by atoms with E-state index in [0.29, 0.717) is 11.5 Å². The Bertz CT molecular complexity index is 1180. The first-order valence-corrected chi connectivity index (χ1v) is 8.16. The van der Waals surface area contributed by atoms with Crippen molar-refractivity contribution >= 4 is 16.9 Å². The maximum atomic E-state index is 10.5. The van der Waals surface area contributed by atoms with Crippen molar-refractivity contribution < 1.29 is 9.52 Å². The first-order chi connectivity index (χ1) is 12.9. The summed E-state index contributed by atoms with van der Waals surface area (Å²) < 4.78 is 6.61. The van der Waals surface area contributed by atoms with Crippen molar-refractivity contribution in [1.29, 1.82) is 0 Å². The minimum Gasteiger partial charge on any atom is -0.451 e. The zero-order chi connectivity index (χ0) is 19.0. The van der Waals surface area contributed by atoms with Gasteiger partial charge in [-0.3, -0.25) is 0 Å². The molecule has 0 aliphatic heterocycles. The highest BCUT2D eigenvalue weighted by Gasteiger charge is 2.23. The van der Waals surface area contributed by atoms with Crippen LogP contribution in [0.2, 0.25) is 0 Å². The second kappa shape index (κ2) is 6.23. The lowest BCUT2D eigenvalue weighted by atomic mass is 10.0. The highest BCUT2D eigenvalue weighted by molar-refractivity contribution is 5.84. The Morgan fingerprint density at radius 2 is 2.11 bits per heavy atom. The molecule has 8 heteroatoms. The SMILES string of the molecule is Cc1nn(-c2ccnc(N)n2)c2cc(C#CC(C)(O)c3cocn3)ccc12. The van der Waals surface area contributed by atoms with E-state index in [-0.39, 0.29) is 5.95 Å². The van der Waals surface area contributed by atoms with Crippen LogP contribution in [0.1, 0.15) is 23.9 Å². The Labute approximate surface area is 154 Å². The number of aromatic nitrogens is 5. The van der Waals surface area contributed by atoms with Crippen molar-refractivity contribution in [2.45, 2.75) is 19.4 Å². The summed E-state index contributed by atoms with van der Waals surface area (Å²) in [6.07, 6.45) is 4.21. The standard InChI is InChI=1S/C19H16N6O2/c1-12-14-4-3-13(5-7-19(2,26)16-10-27-11-22-16)9-15(14)25(24-12)17-6-8-21-18(20)23-17/h3-4,6,8-11,26H,1-2H3,(H2,20,21,23). The van der Waals surface area contributed by atoms with E-state index in [9.17, 15) is 5.11 Å². The van der Waals surface area contributed by atoms with Gasteiger partial charge in [-0.25, -0.2) is 14.6 Å². The maximum absolute atomic E-state index is 10.5. The van der Waals surface area contributed by atoms with Crippen LogP contribution in [0.4, 0.5) is 5.95 Å². The molecule has 0 saturated carbocycles. The van der Waals surface area contributed by atoms with Gasteiger partial charge in [0.25, 0.3) is 0 Å². The van der Waals surface area contributed by atoms with Crippen LogP contribution in [-0.4, -0.2) is 29.8 Å². The number of anilines is 1. The number of aryl methyl sites for hydroxylation is 1. The van der Waals surface area contributed by atoms with Crippen LogP contribution in [0, 0.1) is 18.8 Å². The predicted molar refractivity (Wildman–Crippen MR) is 98.8 cm³/mol. The maximum Gasteiger partial charge on any atom is 0.221 e. The minimum absolute atomic E-state index is 0.174. The van der Waals surface area contributed by atoms with Crippen molar-refractivity contribution in [2.75, 3.05) is 5.73 Å². The molecule has 0 spiro atoms. The Kier molecular flexibility index (Phi) is 3.86. The van der Waals surface area contributed by atoms with E-state index in [1.54, 1.807) is 23.9 Å². The summed E-state index contributed by atoms with van der Waals surface area (Å²) in [5.74, 6) is 6.55. The van der Waals surface area contributed by atoms with E-state index in [1.165, 1.54) is 12.7 Å². The Morgan fingerprint density at radius 1 is 1.26 bits per heavy atom. The quantitative estimate of drug-likeness (QED) is 0.525. The molecule has 3 N–H and O–H groups in total. The molecule has 3 aromatic heterocycles. The third-order valence-electron chi connectivity index (χ3n) is 4.12. The average molecular weight is 360 g/mol. The van der Waals surface area contributed by atoms with Crippen molar-refractivity contribution in [3.63, 3.8) is 0 Å². The third kappa shape index (κ3) is 3.12. The van der Waals surface area contributed by atoms with Crippen LogP contribution in [0.3, 0.4) is 0 Å². The van der Waals surface area contributed by atoms with Gasteiger partial charge in [-0.2, -0.15) is 10.1 Å². The molecule has 0 saturated heterocycles. The molecule has 1 unspecified atom stereocenters. The molecule has 134 valence electrons. The molecular weight excluding hydrogens is 344 g/mol. The summed E-state index contributed by atoms with van der Waals surface area (Å²) >= 11 is 0. The van der Waals surface area contributed by atoms with Gasteiger partial charge in [0.15, 0.2) is 17.8 Å². The van der Waals surface area contributed by atoms with E-state index in [2.05, 4.69) is 31.9 Å². The summed E-state index contributed by atoms with van der Waals surface area (Å²) in [5, 5.41) is 16.0. The van der Waals surface area contributed by atoms with Gasteiger partial charge < -0.3 is 15.3 Å². The molecule has 0 bridgehead atoms. The number of nitrogens with zero attached hydrogens (tertiary/aromatic N) is 5. The molecule has 8 nitrogen and oxygen atoms in total. The van der Waals surface area contributed by atoms with Gasteiger partial charge in [0.2, 0.25) is 5.95 Å². The van der Waals surface area contributed by atoms with Gasteiger partial charge in [0, 0.05) is 23.2 Å². The first kappa shape index (κ1) is 16.8. The molecule has 0 aliphatic carbocycles. The summed E-state index contributed by atoms with van der Waals surface area (Å²) in [5.41, 5.74) is 7.04. The molecule has 0 fully saturated rings. The zero-order valence-electron chi connectivity index (χ0n) is 14.7. The number of hydrogen-bond donors (Lipinski definition) is 2. The van der Waals surface area contributed by atoms with E-state index < -0.39 is 5.60 Å². The lowest BCUT2D eigenvalue weighted by Gasteiger charge is -2.11. The number of nitrogens with two attached hydrogens (primary N) is 1. The van der Waals surface area contributed by atoms with Crippen molar-refractivity contribution in [1.82, 2.24) is 24.7 Å². The minimum atomic E-state index is -1.42. The number of oxazole rings is 1. The van der Waals surface area contributed by atoms with E-state index in [0.717, 1.165) is 22.2 Å². The van der Waals surface area contributed by atoms with Crippen LogP contribution in [-0.2, 0) is 5.60 Å². The normalized spacial score (nSPS) is 13.1. The van der Waals surface area contributed by atoms with Gasteiger partial charge in [0.1, 0.15) is 12.0 Å². The van der Waals surface area contributed by atoms with Crippen molar-refractivity contribution in [2.24, 2.45) is 0 Å². The number of fused-ring (bicyclic) bond motifs is 1. The van der Waals surface area contributed by atoms with Crippen LogP contribution >= 0.6 is 0 Å². The third-order valence-corrected chi connectivity index (χ3v) is 4.12. The fraction of sp³-hybridized carbons (Fsp3) is 0.158. The molecule has 1 aromatic carbocycles. The van der Waals surface area contributed by atoms with Gasteiger partial charge >= 0.3 is 0 Å². The lowest BCUT2D eigenvalue weighted by Crippen LogP contribution is -2.18. The zero-order valence-corrected chi connectivity index (χ0v) is 14.7. The van der Waals surface area contributed by atoms with Gasteiger partial charge in [0.05, 0.1) is 11.2 Å². The molecule has 1 atom stereocenters. The molecule has 4 rings (SSSR count). The molecule has 4 aromatic rings. The Morgan fingerprint density at radius 3 is 2.85 bits per heavy atom. The number of aliphatic hydroxyl groups is 1. The highest BCUT2D eigenvalue weighted by atomic mass is 16.3. The van der Waals surface area contributed by atoms with Crippen LogP contribution in [0.25, 0.3) is 16.7 Å². The van der Waals surface area contributed by atoms with Crippen LogP contribution in [0.15, 0.2) is 47.5 Å². The van der Waals surface area contributed by atoms with Crippen LogP contribution in [0.5, 0.6) is 0 Å². The summed E-state index contributed by atoms with van der Waals surface area (Å²) in [6.45, 7) is 3.48. The second-order valence-corrected chi connectivity index (χ2v) is 6.20. The van der Waals surface area contributed by atoms with Crippen LogP contribution < -0.4 is 5.73 Å². The molecule has 0 aliphatic rings. The predicted octanol–water partition coefficient (Wildman–Crippen LogP) is 1.95. The van der Waals surface area contributed by atoms with Gasteiger partial charge in [-0.1, -0.05) is 11.8 Å². The molecule has 0 amide bonds. The molecular formula is C19H16N6O2. The molecule has 27 heavy (non-hydrogen) atoms. The van der Waals surface area contributed by atoms with Gasteiger partial charge in [-0.05, 0) is 32.0 Å². The monoisotopic (exact) mass is 360 g/mol.